The number of hydrogen-bond donors (Lipinski definition) is 1. The number of ether oxygens (including phenoxy) is 1. The molecule has 8 nitrogen and oxygen atoms in total. The molecule has 0 unspecified atom stereocenters. The van der Waals surface area contributed by atoms with Gasteiger partial charge in [-0.25, -0.2) is 18.3 Å². The van der Waals surface area contributed by atoms with E-state index in [0.29, 0.717) is 17.2 Å². The number of esters is 1. The predicted molar refractivity (Wildman–Crippen MR) is 116 cm³/mol. The van der Waals surface area contributed by atoms with E-state index < -0.39 is 29.6 Å². The number of carbonyl (C=O) groups is 2. The Kier molecular flexibility index (Phi) is 6.16. The lowest BCUT2D eigenvalue weighted by molar-refractivity contribution is -0.139. The summed E-state index contributed by atoms with van der Waals surface area (Å²) < 4.78 is 34.3. The SMILES string of the molecule is CCOC(=O)C1=C(C)N(CC(=O)Nc2cc(F)ccc2F)c2ncnn2[C@H]1c1ccccc1. The van der Waals surface area contributed by atoms with E-state index in [9.17, 15) is 18.4 Å². The molecule has 170 valence electrons. The van der Waals surface area contributed by atoms with Crippen LogP contribution in [-0.4, -0.2) is 39.8 Å². The van der Waals surface area contributed by atoms with Crippen LogP contribution in [0.3, 0.4) is 0 Å². The van der Waals surface area contributed by atoms with Crippen LogP contribution in [0.25, 0.3) is 0 Å². The summed E-state index contributed by atoms with van der Waals surface area (Å²) >= 11 is 0. The van der Waals surface area contributed by atoms with Crippen molar-refractivity contribution in [3.05, 3.63) is 83.3 Å². The summed E-state index contributed by atoms with van der Waals surface area (Å²) in [5.74, 6) is -2.31. The molecule has 33 heavy (non-hydrogen) atoms. The van der Waals surface area contributed by atoms with E-state index in [4.69, 9.17) is 4.74 Å². The molecule has 1 aliphatic heterocycles. The Morgan fingerprint density at radius 1 is 1.15 bits per heavy atom. The zero-order valence-electron chi connectivity index (χ0n) is 18.0. The average molecular weight is 453 g/mol. The summed E-state index contributed by atoms with van der Waals surface area (Å²) in [5, 5.41) is 6.65. The van der Waals surface area contributed by atoms with Crippen LogP contribution in [0.4, 0.5) is 20.4 Å². The zero-order chi connectivity index (χ0) is 23.5. The molecule has 0 bridgehead atoms. The highest BCUT2D eigenvalue weighted by molar-refractivity contribution is 5.96. The maximum Gasteiger partial charge on any atom is 0.338 e. The highest BCUT2D eigenvalue weighted by Gasteiger charge is 2.38. The summed E-state index contributed by atoms with van der Waals surface area (Å²) in [6.45, 7) is 3.23. The molecule has 1 amide bonds. The van der Waals surface area contributed by atoms with E-state index in [1.807, 2.05) is 30.3 Å². The van der Waals surface area contributed by atoms with E-state index in [2.05, 4.69) is 15.4 Å². The molecule has 1 N–H and O–H groups in total. The summed E-state index contributed by atoms with van der Waals surface area (Å²) in [7, 11) is 0. The van der Waals surface area contributed by atoms with Crippen LogP contribution < -0.4 is 10.2 Å². The van der Waals surface area contributed by atoms with Gasteiger partial charge in [0.2, 0.25) is 11.9 Å². The highest BCUT2D eigenvalue weighted by Crippen LogP contribution is 2.38. The van der Waals surface area contributed by atoms with E-state index in [-0.39, 0.29) is 18.8 Å². The van der Waals surface area contributed by atoms with Gasteiger partial charge in [0, 0.05) is 11.8 Å². The van der Waals surface area contributed by atoms with Gasteiger partial charge in [0.05, 0.1) is 17.9 Å². The molecule has 0 fully saturated rings. The Balaban J connectivity index is 1.72. The van der Waals surface area contributed by atoms with Gasteiger partial charge in [-0.3, -0.25) is 4.79 Å². The first-order chi connectivity index (χ1) is 15.9. The van der Waals surface area contributed by atoms with Gasteiger partial charge in [-0.1, -0.05) is 30.3 Å². The van der Waals surface area contributed by atoms with Gasteiger partial charge in [0.1, 0.15) is 30.5 Å². The molecule has 4 rings (SSSR count). The van der Waals surface area contributed by atoms with E-state index in [1.54, 1.807) is 13.8 Å². The number of anilines is 2. The number of carbonyl (C=O) groups excluding carboxylic acids is 2. The molecule has 0 saturated heterocycles. The quantitative estimate of drug-likeness (QED) is 0.575. The monoisotopic (exact) mass is 453 g/mol. The third-order valence-electron chi connectivity index (χ3n) is 5.22. The van der Waals surface area contributed by atoms with E-state index in [0.717, 1.165) is 23.8 Å². The third-order valence-corrected chi connectivity index (χ3v) is 5.22. The Morgan fingerprint density at radius 3 is 2.64 bits per heavy atom. The number of halogens is 2. The van der Waals surface area contributed by atoms with Gasteiger partial charge in [0.25, 0.3) is 0 Å². The van der Waals surface area contributed by atoms with Crippen molar-refractivity contribution in [3.8, 4) is 0 Å². The smallest absolute Gasteiger partial charge is 0.338 e. The minimum atomic E-state index is -0.768. The fraction of sp³-hybridized carbons (Fsp3) is 0.217. The third kappa shape index (κ3) is 4.32. The lowest BCUT2D eigenvalue weighted by Gasteiger charge is -2.35. The lowest BCUT2D eigenvalue weighted by atomic mass is 9.95. The summed E-state index contributed by atoms with van der Waals surface area (Å²) in [5.41, 5.74) is 1.24. The van der Waals surface area contributed by atoms with Gasteiger partial charge < -0.3 is 15.0 Å². The van der Waals surface area contributed by atoms with Crippen molar-refractivity contribution >= 4 is 23.5 Å². The van der Waals surface area contributed by atoms with Crippen molar-refractivity contribution in [1.29, 1.82) is 0 Å². The van der Waals surface area contributed by atoms with Crippen LogP contribution >= 0.6 is 0 Å². The van der Waals surface area contributed by atoms with Crippen molar-refractivity contribution < 1.29 is 23.1 Å². The van der Waals surface area contributed by atoms with Crippen LogP contribution in [0.1, 0.15) is 25.5 Å². The molecule has 1 atom stereocenters. The van der Waals surface area contributed by atoms with Crippen LogP contribution in [0, 0.1) is 11.6 Å². The van der Waals surface area contributed by atoms with Crippen molar-refractivity contribution in [2.75, 3.05) is 23.4 Å². The van der Waals surface area contributed by atoms with Crippen LogP contribution in [0.15, 0.2) is 66.1 Å². The van der Waals surface area contributed by atoms with Crippen LogP contribution in [0.5, 0.6) is 0 Å². The minimum absolute atomic E-state index is 0.167. The fourth-order valence-corrected chi connectivity index (χ4v) is 3.76. The Labute approximate surface area is 188 Å². The second-order valence-electron chi connectivity index (χ2n) is 7.30. The number of hydrogen-bond acceptors (Lipinski definition) is 6. The number of fused-ring (bicyclic) bond motifs is 1. The number of nitrogens with zero attached hydrogens (tertiary/aromatic N) is 4. The van der Waals surface area contributed by atoms with Crippen molar-refractivity contribution in [2.45, 2.75) is 19.9 Å². The van der Waals surface area contributed by atoms with E-state index in [1.165, 1.54) is 15.9 Å². The molecule has 10 heteroatoms. The molecule has 0 saturated carbocycles. The average Bonchev–Trinajstić information content (AvgIpc) is 3.28. The molecule has 0 spiro atoms. The Morgan fingerprint density at radius 2 is 1.91 bits per heavy atom. The normalized spacial score (nSPS) is 15.3. The molecule has 2 aromatic carbocycles. The number of allylic oxidation sites excluding steroid dienone is 1. The molecule has 1 aromatic heterocycles. The van der Waals surface area contributed by atoms with Gasteiger partial charge in [0.15, 0.2) is 0 Å². The van der Waals surface area contributed by atoms with Crippen molar-refractivity contribution in [1.82, 2.24) is 14.8 Å². The van der Waals surface area contributed by atoms with Crippen molar-refractivity contribution in [3.63, 3.8) is 0 Å². The number of amides is 1. The molecule has 3 aromatic rings. The molecule has 1 aliphatic rings. The Bertz CT molecular complexity index is 1230. The van der Waals surface area contributed by atoms with Gasteiger partial charge in [-0.05, 0) is 31.5 Å². The van der Waals surface area contributed by atoms with Gasteiger partial charge >= 0.3 is 5.97 Å². The summed E-state index contributed by atoms with van der Waals surface area (Å²) in [4.78, 5) is 31.5. The number of benzene rings is 2. The molecule has 2 heterocycles. The first-order valence-corrected chi connectivity index (χ1v) is 10.3. The van der Waals surface area contributed by atoms with Crippen LogP contribution in [0.2, 0.25) is 0 Å². The highest BCUT2D eigenvalue weighted by atomic mass is 19.1. The predicted octanol–water partition coefficient (Wildman–Crippen LogP) is 3.44. The summed E-state index contributed by atoms with van der Waals surface area (Å²) in [6, 6.07) is 11.4. The van der Waals surface area contributed by atoms with Gasteiger partial charge in [-0.2, -0.15) is 10.1 Å². The number of nitrogens with one attached hydrogen (secondary N) is 1. The summed E-state index contributed by atoms with van der Waals surface area (Å²) in [6.07, 6.45) is 1.32. The standard InChI is InChI=1S/C23H21F2N5O3/c1-3-33-22(32)20-14(2)29(12-19(31)28-18-11-16(24)9-10-17(18)25)23-26-13-27-30(23)21(20)15-7-5-4-6-8-15/h4-11,13,21H,3,12H2,1-2H3,(H,28,31)/t21-/m0/s1. The van der Waals surface area contributed by atoms with Crippen LogP contribution in [-0.2, 0) is 14.3 Å². The first-order valence-electron chi connectivity index (χ1n) is 10.3. The second-order valence-corrected chi connectivity index (χ2v) is 7.30. The lowest BCUT2D eigenvalue weighted by Crippen LogP contribution is -2.41. The zero-order valence-corrected chi connectivity index (χ0v) is 18.0. The largest absolute Gasteiger partial charge is 0.463 e. The minimum Gasteiger partial charge on any atom is -0.463 e. The molecule has 0 radical (unpaired) electrons. The number of aromatic nitrogens is 3. The second kappa shape index (κ2) is 9.19. The fourth-order valence-electron chi connectivity index (χ4n) is 3.76. The maximum atomic E-state index is 14.0. The molecular weight excluding hydrogens is 432 g/mol. The van der Waals surface area contributed by atoms with E-state index >= 15 is 0 Å². The molecular formula is C23H21F2N5O3. The Hall–Kier alpha value is -4.08. The topological polar surface area (TPSA) is 89.3 Å². The molecule has 0 aliphatic carbocycles. The number of rotatable bonds is 6. The van der Waals surface area contributed by atoms with Gasteiger partial charge in [-0.15, -0.1) is 0 Å². The maximum absolute atomic E-state index is 14.0. The first kappa shape index (κ1) is 22.1. The van der Waals surface area contributed by atoms with Crippen molar-refractivity contribution in [2.24, 2.45) is 0 Å².